The number of benzene rings is 1. The summed E-state index contributed by atoms with van der Waals surface area (Å²) in [5.41, 5.74) is 1.03. The van der Waals surface area contributed by atoms with Gasteiger partial charge in [0.05, 0.1) is 18.2 Å². The molecule has 2 heterocycles. The van der Waals surface area contributed by atoms with Gasteiger partial charge in [0.1, 0.15) is 17.5 Å². The molecule has 1 aromatic heterocycles. The summed E-state index contributed by atoms with van der Waals surface area (Å²) in [6, 6.07) is 7.50. The molecule has 1 aliphatic rings. The van der Waals surface area contributed by atoms with E-state index in [1.54, 1.807) is 36.1 Å². The van der Waals surface area contributed by atoms with E-state index in [1.807, 2.05) is 14.0 Å². The quantitative estimate of drug-likeness (QED) is 0.754. The summed E-state index contributed by atoms with van der Waals surface area (Å²) in [6.07, 6.45) is 1.32. The number of carbonyl (C=O) groups is 1. The van der Waals surface area contributed by atoms with Crippen LogP contribution in [0.2, 0.25) is 0 Å². The number of amides is 1. The van der Waals surface area contributed by atoms with Crippen LogP contribution in [0.25, 0.3) is 0 Å². The van der Waals surface area contributed by atoms with E-state index in [2.05, 4.69) is 22.1 Å². The fraction of sp³-hybridized carbons (Fsp3) is 0.391. The third kappa shape index (κ3) is 4.78. The van der Waals surface area contributed by atoms with Crippen molar-refractivity contribution in [3.8, 4) is 17.7 Å². The van der Waals surface area contributed by atoms with Gasteiger partial charge in [0, 0.05) is 30.8 Å². The van der Waals surface area contributed by atoms with Crippen LogP contribution in [0.3, 0.4) is 0 Å². The Morgan fingerprint density at radius 1 is 1.40 bits per heavy atom. The number of aromatic nitrogens is 1. The van der Waals surface area contributed by atoms with Crippen molar-refractivity contribution in [3.05, 3.63) is 59.0 Å². The van der Waals surface area contributed by atoms with Crippen molar-refractivity contribution in [2.24, 2.45) is 5.92 Å². The molecule has 0 aliphatic carbocycles. The number of aliphatic hydroxyl groups is 1. The Labute approximate surface area is 176 Å². The van der Waals surface area contributed by atoms with Crippen LogP contribution in [0.5, 0.6) is 5.88 Å². The van der Waals surface area contributed by atoms with Crippen LogP contribution in [-0.4, -0.2) is 59.8 Å². The second kappa shape index (κ2) is 9.70. The molecule has 2 N–H and O–H groups in total. The Hall–Kier alpha value is -2.95. The van der Waals surface area contributed by atoms with Gasteiger partial charge in [-0.15, -0.1) is 0 Å². The highest BCUT2D eigenvalue weighted by Crippen LogP contribution is 2.26. The highest BCUT2D eigenvalue weighted by atomic mass is 19.1. The third-order valence-electron chi connectivity index (χ3n) is 5.14. The van der Waals surface area contributed by atoms with Crippen molar-refractivity contribution < 1.29 is 19.0 Å². The monoisotopic (exact) mass is 411 g/mol. The second-order valence-electron chi connectivity index (χ2n) is 7.49. The van der Waals surface area contributed by atoms with Crippen LogP contribution in [0.15, 0.2) is 36.5 Å². The van der Waals surface area contributed by atoms with Gasteiger partial charge in [-0.1, -0.05) is 30.9 Å². The Kier molecular flexibility index (Phi) is 7.03. The lowest BCUT2D eigenvalue weighted by Gasteiger charge is -2.36. The molecule has 0 saturated heterocycles. The van der Waals surface area contributed by atoms with Crippen LogP contribution in [0, 0.1) is 23.6 Å². The smallest absolute Gasteiger partial charge is 0.259 e. The topological polar surface area (TPSA) is 74.7 Å². The number of aliphatic hydroxyl groups excluding tert-OH is 1. The molecule has 3 rings (SSSR count). The molecule has 0 bridgehead atoms. The SMILES string of the molecule is CNC[C@@H]1Oc2ncc(C#Cc3ccccc3F)cc2C(=O)N([C@@H](C)CO)C[C@@H]1C. The van der Waals surface area contributed by atoms with Gasteiger partial charge in [-0.05, 0) is 32.2 Å². The maximum atomic E-state index is 13.8. The molecule has 0 radical (unpaired) electrons. The van der Waals surface area contributed by atoms with E-state index in [0.717, 1.165) is 0 Å². The van der Waals surface area contributed by atoms with E-state index in [-0.39, 0.29) is 47.6 Å². The summed E-state index contributed by atoms with van der Waals surface area (Å²) in [5, 5.41) is 12.8. The normalized spacial score (nSPS) is 19.6. The first-order valence-electron chi connectivity index (χ1n) is 9.94. The number of halogens is 1. The number of pyridine rings is 1. The van der Waals surface area contributed by atoms with Gasteiger partial charge < -0.3 is 20.1 Å². The predicted molar refractivity (Wildman–Crippen MR) is 112 cm³/mol. The molecular weight excluding hydrogens is 385 g/mol. The summed E-state index contributed by atoms with van der Waals surface area (Å²) < 4.78 is 19.9. The fourth-order valence-corrected chi connectivity index (χ4v) is 3.32. The van der Waals surface area contributed by atoms with Crippen molar-refractivity contribution >= 4 is 5.91 Å². The van der Waals surface area contributed by atoms with Crippen molar-refractivity contribution in [1.82, 2.24) is 15.2 Å². The number of ether oxygens (including phenoxy) is 1. The first kappa shape index (κ1) is 21.8. The predicted octanol–water partition coefficient (Wildman–Crippen LogP) is 2.06. The minimum Gasteiger partial charge on any atom is -0.472 e. The molecule has 0 saturated carbocycles. The van der Waals surface area contributed by atoms with E-state index in [9.17, 15) is 14.3 Å². The molecule has 2 aromatic rings. The number of fused-ring (bicyclic) bond motifs is 1. The number of hydrogen-bond donors (Lipinski definition) is 2. The van der Waals surface area contributed by atoms with Crippen LogP contribution < -0.4 is 10.1 Å². The summed E-state index contributed by atoms with van der Waals surface area (Å²) in [4.78, 5) is 19.2. The summed E-state index contributed by atoms with van der Waals surface area (Å²) in [6.45, 7) is 4.69. The highest BCUT2D eigenvalue weighted by Gasteiger charge is 2.33. The Bertz CT molecular complexity index is 970. The van der Waals surface area contributed by atoms with Gasteiger partial charge in [0.15, 0.2) is 0 Å². The minimum absolute atomic E-state index is 0.0332. The standard InChI is InChI=1S/C23H26FN3O3/c1-15-13-27(16(2)14-28)23(29)19-10-17(8-9-18-6-4-5-7-20(18)24)11-26-22(19)30-21(15)12-25-3/h4-7,10-11,15-16,21,25,28H,12-14H2,1-3H3/t15-,16-,21-/m0/s1. The van der Waals surface area contributed by atoms with E-state index in [1.165, 1.54) is 12.3 Å². The van der Waals surface area contributed by atoms with Crippen molar-refractivity contribution in [2.45, 2.75) is 26.0 Å². The highest BCUT2D eigenvalue weighted by molar-refractivity contribution is 5.97. The van der Waals surface area contributed by atoms with Crippen LogP contribution in [0.4, 0.5) is 4.39 Å². The molecule has 1 aromatic carbocycles. The fourth-order valence-electron chi connectivity index (χ4n) is 3.32. The van der Waals surface area contributed by atoms with Gasteiger partial charge in [-0.25, -0.2) is 9.37 Å². The van der Waals surface area contributed by atoms with Crippen LogP contribution >= 0.6 is 0 Å². The van der Waals surface area contributed by atoms with E-state index in [4.69, 9.17) is 4.74 Å². The van der Waals surface area contributed by atoms with Crippen LogP contribution in [0.1, 0.15) is 35.3 Å². The molecule has 6 nitrogen and oxygen atoms in total. The summed E-state index contributed by atoms with van der Waals surface area (Å²) in [5.74, 6) is 5.24. The molecule has 7 heteroatoms. The van der Waals surface area contributed by atoms with Gasteiger partial charge in [-0.3, -0.25) is 4.79 Å². The molecular formula is C23H26FN3O3. The molecule has 0 unspecified atom stereocenters. The zero-order chi connectivity index (χ0) is 21.7. The largest absolute Gasteiger partial charge is 0.472 e. The molecule has 0 fully saturated rings. The molecule has 1 aliphatic heterocycles. The maximum absolute atomic E-state index is 13.8. The van der Waals surface area contributed by atoms with Crippen molar-refractivity contribution in [3.63, 3.8) is 0 Å². The molecule has 30 heavy (non-hydrogen) atoms. The Balaban J connectivity index is 2.02. The lowest BCUT2D eigenvalue weighted by atomic mass is 10.0. The van der Waals surface area contributed by atoms with Gasteiger partial charge in [-0.2, -0.15) is 0 Å². The van der Waals surface area contributed by atoms with Gasteiger partial charge >= 0.3 is 0 Å². The van der Waals surface area contributed by atoms with Gasteiger partial charge in [0.25, 0.3) is 5.91 Å². The first-order chi connectivity index (χ1) is 14.4. The number of likely N-dealkylation sites (N-methyl/N-ethyl adjacent to an activating group) is 1. The zero-order valence-corrected chi connectivity index (χ0v) is 17.4. The lowest BCUT2D eigenvalue weighted by molar-refractivity contribution is 0.0404. The Morgan fingerprint density at radius 3 is 2.87 bits per heavy atom. The first-order valence-corrected chi connectivity index (χ1v) is 9.94. The third-order valence-corrected chi connectivity index (χ3v) is 5.14. The number of carbonyl (C=O) groups excluding carboxylic acids is 1. The number of rotatable bonds is 4. The van der Waals surface area contributed by atoms with E-state index in [0.29, 0.717) is 18.7 Å². The number of nitrogens with zero attached hydrogens (tertiary/aromatic N) is 2. The molecule has 158 valence electrons. The number of hydrogen-bond acceptors (Lipinski definition) is 5. The lowest BCUT2D eigenvalue weighted by Crippen LogP contribution is -2.49. The average molecular weight is 411 g/mol. The van der Waals surface area contributed by atoms with Crippen LogP contribution in [-0.2, 0) is 0 Å². The average Bonchev–Trinajstić information content (AvgIpc) is 2.75. The summed E-state index contributed by atoms with van der Waals surface area (Å²) in [7, 11) is 1.84. The summed E-state index contributed by atoms with van der Waals surface area (Å²) >= 11 is 0. The van der Waals surface area contributed by atoms with Crippen molar-refractivity contribution in [1.29, 1.82) is 0 Å². The van der Waals surface area contributed by atoms with Crippen molar-refractivity contribution in [2.75, 3.05) is 26.7 Å². The van der Waals surface area contributed by atoms with E-state index < -0.39 is 5.82 Å². The molecule has 1 amide bonds. The Morgan fingerprint density at radius 2 is 2.17 bits per heavy atom. The maximum Gasteiger partial charge on any atom is 0.259 e. The molecule has 3 atom stereocenters. The molecule has 0 spiro atoms. The number of nitrogens with one attached hydrogen (secondary N) is 1. The minimum atomic E-state index is -0.407. The van der Waals surface area contributed by atoms with E-state index >= 15 is 0 Å². The zero-order valence-electron chi connectivity index (χ0n) is 17.4. The van der Waals surface area contributed by atoms with Gasteiger partial charge in [0.2, 0.25) is 5.88 Å². The second-order valence-corrected chi connectivity index (χ2v) is 7.49.